The van der Waals surface area contributed by atoms with Crippen LogP contribution in [0.5, 0.6) is 11.5 Å². The quantitative estimate of drug-likeness (QED) is 0.246. The summed E-state index contributed by atoms with van der Waals surface area (Å²) in [6.45, 7) is 0.522. The molecule has 168 valence electrons. The Kier molecular flexibility index (Phi) is 5.97. The molecule has 0 saturated carbocycles. The number of hydrogen-bond acceptors (Lipinski definition) is 5. The lowest BCUT2D eigenvalue weighted by Crippen LogP contribution is -2.15. The van der Waals surface area contributed by atoms with E-state index in [1.54, 1.807) is 60.7 Å². The lowest BCUT2D eigenvalue weighted by molar-refractivity contribution is 0.0682. The number of carbonyl (C=O) groups is 2. The summed E-state index contributed by atoms with van der Waals surface area (Å²) in [6.07, 6.45) is 0. The molecular formula is C27H17Cl2NO4. The van der Waals surface area contributed by atoms with Gasteiger partial charge >= 0.3 is 11.9 Å². The van der Waals surface area contributed by atoms with Crippen LogP contribution in [0.4, 0.5) is 5.69 Å². The van der Waals surface area contributed by atoms with Gasteiger partial charge in [0, 0.05) is 22.8 Å². The summed E-state index contributed by atoms with van der Waals surface area (Å²) in [5, 5.41) is 4.12. The summed E-state index contributed by atoms with van der Waals surface area (Å²) in [7, 11) is 0. The normalized spacial score (nSPS) is 11.6. The van der Waals surface area contributed by atoms with Gasteiger partial charge in [0.1, 0.15) is 0 Å². The fourth-order valence-electron chi connectivity index (χ4n) is 3.75. The third-order valence-electron chi connectivity index (χ3n) is 5.44. The number of benzene rings is 4. The molecule has 1 heterocycles. The molecule has 0 atom stereocenters. The van der Waals surface area contributed by atoms with Gasteiger partial charge in [0.15, 0.2) is 11.5 Å². The first-order valence-electron chi connectivity index (χ1n) is 10.4. The first kappa shape index (κ1) is 22.0. The maximum absolute atomic E-state index is 12.9. The Hall–Kier alpha value is -3.80. The van der Waals surface area contributed by atoms with Crippen LogP contribution in [-0.4, -0.2) is 11.9 Å². The second kappa shape index (κ2) is 9.21. The molecule has 0 saturated heterocycles. The molecule has 0 bridgehead atoms. The predicted molar refractivity (Wildman–Crippen MR) is 132 cm³/mol. The summed E-state index contributed by atoms with van der Waals surface area (Å²) < 4.78 is 11.4. The Morgan fingerprint density at radius 1 is 0.735 bits per heavy atom. The zero-order chi connectivity index (χ0) is 23.7. The molecule has 1 aliphatic heterocycles. The molecule has 0 spiro atoms. The van der Waals surface area contributed by atoms with Crippen molar-refractivity contribution in [2.75, 3.05) is 5.32 Å². The van der Waals surface area contributed by atoms with Crippen molar-refractivity contribution in [3.8, 4) is 22.6 Å². The number of fused-ring (bicyclic) bond motifs is 3. The molecule has 0 unspecified atom stereocenters. The van der Waals surface area contributed by atoms with Crippen LogP contribution in [0.3, 0.4) is 0 Å². The summed E-state index contributed by atoms with van der Waals surface area (Å²) in [5.74, 6) is -1.02. The van der Waals surface area contributed by atoms with Crippen LogP contribution in [0.25, 0.3) is 11.1 Å². The number of esters is 2. The van der Waals surface area contributed by atoms with Gasteiger partial charge in [-0.3, -0.25) is 0 Å². The van der Waals surface area contributed by atoms with Gasteiger partial charge in [-0.1, -0.05) is 53.5 Å². The highest BCUT2D eigenvalue weighted by Gasteiger charge is 2.23. The number of nitrogens with one attached hydrogen (secondary N) is 1. The van der Waals surface area contributed by atoms with Gasteiger partial charge in [-0.15, -0.1) is 0 Å². The van der Waals surface area contributed by atoms with Gasteiger partial charge in [-0.25, -0.2) is 9.59 Å². The molecule has 5 rings (SSSR count). The molecule has 0 amide bonds. The molecule has 34 heavy (non-hydrogen) atoms. The summed E-state index contributed by atoms with van der Waals surface area (Å²) in [6, 6.07) is 24.2. The molecule has 1 aliphatic rings. The number of anilines is 1. The second-order valence-corrected chi connectivity index (χ2v) is 8.46. The highest BCUT2D eigenvalue weighted by molar-refractivity contribution is 6.33. The fourth-order valence-corrected chi connectivity index (χ4v) is 4.09. The minimum atomic E-state index is -0.654. The highest BCUT2D eigenvalue weighted by Crippen LogP contribution is 2.42. The smallest absolute Gasteiger partial charge is 0.345 e. The molecule has 4 aromatic carbocycles. The third-order valence-corrected chi connectivity index (χ3v) is 6.02. The fraction of sp³-hybridized carbons (Fsp3) is 0.0370. The van der Waals surface area contributed by atoms with Gasteiger partial charge in [0.2, 0.25) is 0 Å². The van der Waals surface area contributed by atoms with E-state index in [-0.39, 0.29) is 22.1 Å². The van der Waals surface area contributed by atoms with Crippen LogP contribution >= 0.6 is 23.2 Å². The maximum Gasteiger partial charge on any atom is 0.345 e. The number of halogens is 2. The van der Waals surface area contributed by atoms with E-state index in [9.17, 15) is 9.59 Å². The van der Waals surface area contributed by atoms with Gasteiger partial charge in [0.05, 0.1) is 16.1 Å². The van der Waals surface area contributed by atoms with Crippen molar-refractivity contribution >= 4 is 40.8 Å². The van der Waals surface area contributed by atoms with Crippen molar-refractivity contribution in [1.82, 2.24) is 0 Å². The topological polar surface area (TPSA) is 64.6 Å². The van der Waals surface area contributed by atoms with Gasteiger partial charge in [0.25, 0.3) is 0 Å². The lowest BCUT2D eigenvalue weighted by Gasteiger charge is -2.23. The summed E-state index contributed by atoms with van der Waals surface area (Å²) in [5.41, 5.74) is 4.22. The summed E-state index contributed by atoms with van der Waals surface area (Å²) in [4.78, 5) is 25.7. The van der Waals surface area contributed by atoms with Crippen LogP contribution in [0, 0.1) is 0 Å². The molecule has 4 aromatic rings. The monoisotopic (exact) mass is 489 g/mol. The van der Waals surface area contributed by atoms with Crippen LogP contribution in [0.15, 0.2) is 84.9 Å². The van der Waals surface area contributed by atoms with Crippen molar-refractivity contribution < 1.29 is 19.1 Å². The second-order valence-electron chi connectivity index (χ2n) is 7.62. The Bertz CT molecular complexity index is 1420. The number of ether oxygens (including phenoxy) is 2. The van der Waals surface area contributed by atoms with Crippen molar-refractivity contribution in [3.63, 3.8) is 0 Å². The standard InChI is InChI=1S/C27H17Cl2NO4/c28-18-11-9-16(10-12-18)26(31)33-25-14-21-17(15-30-23-8-4-2-5-19(21)23)13-24(25)34-27(32)20-6-1-3-7-22(20)29/h1-14,30H,15H2. The van der Waals surface area contributed by atoms with E-state index in [0.717, 1.165) is 22.4 Å². The lowest BCUT2D eigenvalue weighted by atomic mass is 9.94. The minimum Gasteiger partial charge on any atom is -0.419 e. The summed E-state index contributed by atoms with van der Waals surface area (Å²) >= 11 is 12.1. The number of rotatable bonds is 4. The Labute approximate surface area is 205 Å². The Morgan fingerprint density at radius 3 is 2.21 bits per heavy atom. The average Bonchev–Trinajstić information content (AvgIpc) is 2.85. The molecule has 1 N–H and O–H groups in total. The zero-order valence-corrected chi connectivity index (χ0v) is 19.2. The number of hydrogen-bond donors (Lipinski definition) is 1. The van der Waals surface area contributed by atoms with E-state index < -0.39 is 11.9 Å². The molecule has 0 aliphatic carbocycles. The van der Waals surface area contributed by atoms with E-state index >= 15 is 0 Å². The number of para-hydroxylation sites is 1. The van der Waals surface area contributed by atoms with Crippen LogP contribution in [0.2, 0.25) is 10.0 Å². The Balaban J connectivity index is 1.55. The number of carbonyl (C=O) groups excluding carboxylic acids is 2. The van der Waals surface area contributed by atoms with Gasteiger partial charge in [-0.05, 0) is 65.7 Å². The Morgan fingerprint density at radius 2 is 1.41 bits per heavy atom. The zero-order valence-electron chi connectivity index (χ0n) is 17.7. The predicted octanol–water partition coefficient (Wildman–Crippen LogP) is 7.02. The third kappa shape index (κ3) is 4.36. The van der Waals surface area contributed by atoms with E-state index in [2.05, 4.69) is 5.32 Å². The van der Waals surface area contributed by atoms with Crippen molar-refractivity contribution in [1.29, 1.82) is 0 Å². The molecule has 0 fully saturated rings. The van der Waals surface area contributed by atoms with E-state index in [1.807, 2.05) is 24.3 Å². The van der Waals surface area contributed by atoms with E-state index in [1.165, 1.54) is 0 Å². The largest absolute Gasteiger partial charge is 0.419 e. The van der Waals surface area contributed by atoms with Gasteiger partial charge in [-0.2, -0.15) is 0 Å². The molecular weight excluding hydrogens is 473 g/mol. The maximum atomic E-state index is 12.9. The van der Waals surface area contributed by atoms with Crippen LogP contribution in [0.1, 0.15) is 26.3 Å². The minimum absolute atomic E-state index is 0.118. The van der Waals surface area contributed by atoms with E-state index in [4.69, 9.17) is 32.7 Å². The molecule has 0 aromatic heterocycles. The SMILES string of the molecule is O=C(Oc1cc2c(cc1OC(=O)c1ccccc1Cl)CNc1ccccc1-2)c1ccc(Cl)cc1. The van der Waals surface area contributed by atoms with Crippen LogP contribution in [-0.2, 0) is 6.54 Å². The van der Waals surface area contributed by atoms with Crippen LogP contribution < -0.4 is 14.8 Å². The van der Waals surface area contributed by atoms with Crippen molar-refractivity contribution in [2.24, 2.45) is 0 Å². The first-order valence-corrected chi connectivity index (χ1v) is 11.2. The van der Waals surface area contributed by atoms with E-state index in [0.29, 0.717) is 17.1 Å². The average molecular weight is 490 g/mol. The van der Waals surface area contributed by atoms with Crippen molar-refractivity contribution in [3.05, 3.63) is 112 Å². The molecule has 7 heteroatoms. The molecule has 5 nitrogen and oxygen atoms in total. The van der Waals surface area contributed by atoms with Crippen molar-refractivity contribution in [2.45, 2.75) is 6.54 Å². The first-order chi connectivity index (χ1) is 16.5. The highest BCUT2D eigenvalue weighted by atomic mass is 35.5. The van der Waals surface area contributed by atoms with Gasteiger partial charge < -0.3 is 14.8 Å². The molecule has 0 radical (unpaired) electrons.